The Hall–Kier alpha value is -1.75. The number of piperidine rings is 1. The minimum Gasteiger partial charge on any atom is -0.508 e. The standard InChI is InChI=1S/C18H28N4O/c1-2-19-18(20-13-14-4-3-5-17(23)12-14)21-15-8-10-22(11-9-15)16-6-7-16/h3-5,12,15-16,23H,2,6-11,13H2,1H3,(H2,19,20,21). The van der Waals surface area contributed by atoms with E-state index >= 15 is 0 Å². The van der Waals surface area contributed by atoms with E-state index in [-0.39, 0.29) is 0 Å². The summed E-state index contributed by atoms with van der Waals surface area (Å²) in [5.41, 5.74) is 1.02. The van der Waals surface area contributed by atoms with Crippen LogP contribution in [0.1, 0.15) is 38.2 Å². The number of aromatic hydroxyl groups is 1. The molecule has 0 radical (unpaired) electrons. The summed E-state index contributed by atoms with van der Waals surface area (Å²) in [6, 6.07) is 8.68. The van der Waals surface area contributed by atoms with Gasteiger partial charge in [0.25, 0.3) is 0 Å². The van der Waals surface area contributed by atoms with Crippen LogP contribution >= 0.6 is 0 Å². The topological polar surface area (TPSA) is 59.9 Å². The van der Waals surface area contributed by atoms with Crippen molar-refractivity contribution in [3.63, 3.8) is 0 Å². The van der Waals surface area contributed by atoms with Gasteiger partial charge in [0.2, 0.25) is 0 Å². The van der Waals surface area contributed by atoms with E-state index in [0.29, 0.717) is 18.3 Å². The van der Waals surface area contributed by atoms with Crippen LogP contribution in [0, 0.1) is 0 Å². The van der Waals surface area contributed by atoms with Crippen LogP contribution in [0.15, 0.2) is 29.3 Å². The van der Waals surface area contributed by atoms with Crippen LogP contribution in [0.5, 0.6) is 5.75 Å². The van der Waals surface area contributed by atoms with E-state index < -0.39 is 0 Å². The lowest BCUT2D eigenvalue weighted by Gasteiger charge is -2.33. The fraction of sp³-hybridized carbons (Fsp3) is 0.611. The number of nitrogens with one attached hydrogen (secondary N) is 2. The van der Waals surface area contributed by atoms with Gasteiger partial charge in [0, 0.05) is 31.7 Å². The van der Waals surface area contributed by atoms with Gasteiger partial charge in [0.1, 0.15) is 5.75 Å². The van der Waals surface area contributed by atoms with Gasteiger partial charge in [-0.15, -0.1) is 0 Å². The number of nitrogens with zero attached hydrogens (tertiary/aromatic N) is 2. The number of benzene rings is 1. The van der Waals surface area contributed by atoms with Crippen molar-refractivity contribution in [1.29, 1.82) is 0 Å². The molecule has 1 aliphatic heterocycles. The Morgan fingerprint density at radius 2 is 2.04 bits per heavy atom. The lowest BCUT2D eigenvalue weighted by Crippen LogP contribution is -2.49. The van der Waals surface area contributed by atoms with Gasteiger partial charge in [0.05, 0.1) is 6.54 Å². The van der Waals surface area contributed by atoms with Crippen LogP contribution < -0.4 is 10.6 Å². The first-order valence-electron chi connectivity index (χ1n) is 8.81. The Morgan fingerprint density at radius 1 is 1.26 bits per heavy atom. The summed E-state index contributed by atoms with van der Waals surface area (Å²) in [4.78, 5) is 7.29. The zero-order chi connectivity index (χ0) is 16.1. The molecule has 1 saturated carbocycles. The lowest BCUT2D eigenvalue weighted by molar-refractivity contribution is 0.197. The highest BCUT2D eigenvalue weighted by Crippen LogP contribution is 2.29. The predicted molar refractivity (Wildman–Crippen MR) is 93.7 cm³/mol. The van der Waals surface area contributed by atoms with Crippen molar-refractivity contribution in [2.45, 2.75) is 51.2 Å². The maximum Gasteiger partial charge on any atom is 0.191 e. The average molecular weight is 316 g/mol. The number of aliphatic imine (C=N–C) groups is 1. The first-order chi connectivity index (χ1) is 11.2. The Kier molecular flexibility index (Phi) is 5.39. The summed E-state index contributed by atoms with van der Waals surface area (Å²) in [6.45, 7) is 5.92. The first kappa shape index (κ1) is 16.1. The summed E-state index contributed by atoms with van der Waals surface area (Å²) in [7, 11) is 0. The van der Waals surface area contributed by atoms with Crippen molar-refractivity contribution in [2.75, 3.05) is 19.6 Å². The third-order valence-corrected chi connectivity index (χ3v) is 4.61. The molecule has 1 aromatic rings. The van der Waals surface area contributed by atoms with Gasteiger partial charge in [-0.2, -0.15) is 0 Å². The Labute approximate surface area is 138 Å². The normalized spacial score (nSPS) is 20.5. The van der Waals surface area contributed by atoms with E-state index in [9.17, 15) is 5.11 Å². The maximum absolute atomic E-state index is 9.53. The molecule has 0 spiro atoms. The SMILES string of the molecule is CCNC(=NCc1cccc(O)c1)NC1CCN(C2CC2)CC1. The smallest absolute Gasteiger partial charge is 0.191 e. The van der Waals surface area contributed by atoms with Gasteiger partial charge in [-0.3, -0.25) is 0 Å². The Balaban J connectivity index is 1.52. The highest BCUT2D eigenvalue weighted by molar-refractivity contribution is 5.80. The van der Waals surface area contributed by atoms with Crippen LogP contribution in [0.25, 0.3) is 0 Å². The van der Waals surface area contributed by atoms with Gasteiger partial charge >= 0.3 is 0 Å². The minimum atomic E-state index is 0.295. The maximum atomic E-state index is 9.53. The molecule has 1 aromatic carbocycles. The molecule has 0 amide bonds. The molecular formula is C18H28N4O. The molecule has 2 fully saturated rings. The molecule has 5 nitrogen and oxygen atoms in total. The van der Waals surface area contributed by atoms with E-state index in [1.54, 1.807) is 12.1 Å². The molecule has 0 atom stereocenters. The van der Waals surface area contributed by atoms with Crippen LogP contribution in [0.3, 0.4) is 0 Å². The fourth-order valence-corrected chi connectivity index (χ4v) is 3.19. The van der Waals surface area contributed by atoms with Crippen molar-refractivity contribution in [3.05, 3.63) is 29.8 Å². The Bertz CT molecular complexity index is 534. The fourth-order valence-electron chi connectivity index (χ4n) is 3.19. The second-order valence-corrected chi connectivity index (χ2v) is 6.55. The second kappa shape index (κ2) is 7.68. The number of rotatable bonds is 5. The lowest BCUT2D eigenvalue weighted by atomic mass is 10.1. The minimum absolute atomic E-state index is 0.295. The van der Waals surface area contributed by atoms with Crippen molar-refractivity contribution in [2.24, 2.45) is 4.99 Å². The molecule has 3 rings (SSSR count). The molecule has 5 heteroatoms. The van der Waals surface area contributed by atoms with Crippen LogP contribution in [-0.4, -0.2) is 47.7 Å². The summed E-state index contributed by atoms with van der Waals surface area (Å²) in [5, 5.41) is 16.4. The van der Waals surface area contributed by atoms with Gasteiger partial charge < -0.3 is 20.6 Å². The molecular weight excluding hydrogens is 288 g/mol. The van der Waals surface area contributed by atoms with Crippen molar-refractivity contribution >= 4 is 5.96 Å². The van der Waals surface area contributed by atoms with Crippen LogP contribution in [0.4, 0.5) is 0 Å². The molecule has 23 heavy (non-hydrogen) atoms. The molecule has 126 valence electrons. The van der Waals surface area contributed by atoms with E-state index in [2.05, 4.69) is 27.4 Å². The summed E-state index contributed by atoms with van der Waals surface area (Å²) in [6.07, 6.45) is 5.16. The van der Waals surface area contributed by atoms with Gasteiger partial charge in [0.15, 0.2) is 5.96 Å². The van der Waals surface area contributed by atoms with E-state index in [4.69, 9.17) is 0 Å². The molecule has 0 aromatic heterocycles. The average Bonchev–Trinajstić information content (AvgIpc) is 3.39. The Morgan fingerprint density at radius 3 is 2.70 bits per heavy atom. The molecule has 1 heterocycles. The highest BCUT2D eigenvalue weighted by atomic mass is 16.3. The number of likely N-dealkylation sites (tertiary alicyclic amines) is 1. The van der Waals surface area contributed by atoms with Crippen LogP contribution in [0.2, 0.25) is 0 Å². The number of hydrogen-bond donors (Lipinski definition) is 3. The second-order valence-electron chi connectivity index (χ2n) is 6.55. The predicted octanol–water partition coefficient (Wildman–Crippen LogP) is 2.07. The number of phenolic OH excluding ortho intramolecular Hbond substituents is 1. The molecule has 3 N–H and O–H groups in total. The van der Waals surface area contributed by atoms with Crippen molar-refractivity contribution in [1.82, 2.24) is 15.5 Å². The molecule has 0 bridgehead atoms. The first-order valence-corrected chi connectivity index (χ1v) is 8.81. The quantitative estimate of drug-likeness (QED) is 0.575. The van der Waals surface area contributed by atoms with Crippen LogP contribution in [-0.2, 0) is 6.54 Å². The van der Waals surface area contributed by atoms with E-state index in [1.165, 1.54) is 38.8 Å². The molecule has 0 unspecified atom stereocenters. The number of phenols is 1. The summed E-state index contributed by atoms with van der Waals surface area (Å²) in [5.74, 6) is 1.17. The monoisotopic (exact) mass is 316 g/mol. The largest absolute Gasteiger partial charge is 0.508 e. The zero-order valence-electron chi connectivity index (χ0n) is 14.0. The third kappa shape index (κ3) is 4.86. The van der Waals surface area contributed by atoms with Gasteiger partial charge in [-0.1, -0.05) is 12.1 Å². The molecule has 2 aliphatic rings. The third-order valence-electron chi connectivity index (χ3n) is 4.61. The van der Waals surface area contributed by atoms with E-state index in [0.717, 1.165) is 24.1 Å². The number of guanidine groups is 1. The van der Waals surface area contributed by atoms with E-state index in [1.807, 2.05) is 12.1 Å². The van der Waals surface area contributed by atoms with Crippen molar-refractivity contribution in [3.8, 4) is 5.75 Å². The molecule has 1 saturated heterocycles. The van der Waals surface area contributed by atoms with Crippen molar-refractivity contribution < 1.29 is 5.11 Å². The molecule has 1 aliphatic carbocycles. The number of hydrogen-bond acceptors (Lipinski definition) is 3. The van der Waals surface area contributed by atoms with Gasteiger partial charge in [-0.05, 0) is 50.3 Å². The summed E-state index contributed by atoms with van der Waals surface area (Å²) < 4.78 is 0. The zero-order valence-corrected chi connectivity index (χ0v) is 14.0. The van der Waals surface area contributed by atoms with Gasteiger partial charge in [-0.25, -0.2) is 4.99 Å². The summed E-state index contributed by atoms with van der Waals surface area (Å²) >= 11 is 0. The highest BCUT2D eigenvalue weighted by Gasteiger charge is 2.31.